The molecule has 0 bridgehead atoms. The molecular weight excluding hydrogens is 292 g/mol. The number of hydrogen-bond acceptors (Lipinski definition) is 5. The molecule has 0 N–H and O–H groups in total. The molecule has 0 aliphatic rings. The second-order valence-corrected chi connectivity index (χ2v) is 5.09. The van der Waals surface area contributed by atoms with E-state index in [1.54, 1.807) is 36.5 Å². The van der Waals surface area contributed by atoms with Crippen molar-refractivity contribution in [3.8, 4) is 5.82 Å². The lowest BCUT2D eigenvalue weighted by molar-refractivity contribution is 0.0739. The topological polar surface area (TPSA) is 76.8 Å². The van der Waals surface area contributed by atoms with Gasteiger partial charge in [0.15, 0.2) is 5.82 Å². The van der Waals surface area contributed by atoms with Crippen molar-refractivity contribution in [3.63, 3.8) is 0 Å². The zero-order valence-electron chi connectivity index (χ0n) is 12.9. The minimum atomic E-state index is -0.133. The fraction of sp³-hybridized carbons (Fsp3) is 0.188. The summed E-state index contributed by atoms with van der Waals surface area (Å²) >= 11 is 0. The number of aromatic nitrogens is 5. The molecule has 7 nitrogen and oxygen atoms in total. The van der Waals surface area contributed by atoms with Crippen molar-refractivity contribution in [1.29, 1.82) is 0 Å². The van der Waals surface area contributed by atoms with Gasteiger partial charge in [-0.15, -0.1) is 0 Å². The molecule has 116 valence electrons. The summed E-state index contributed by atoms with van der Waals surface area (Å²) < 4.78 is 1.51. The van der Waals surface area contributed by atoms with Gasteiger partial charge in [-0.2, -0.15) is 5.10 Å². The lowest BCUT2D eigenvalue weighted by atomic mass is 10.1. The average molecular weight is 308 g/mol. The Kier molecular flexibility index (Phi) is 4.09. The minimum absolute atomic E-state index is 0.105. The molecule has 0 saturated heterocycles. The summed E-state index contributed by atoms with van der Waals surface area (Å²) in [4.78, 5) is 26.8. The van der Waals surface area contributed by atoms with Crippen LogP contribution in [0.1, 0.15) is 29.0 Å². The zero-order chi connectivity index (χ0) is 16.2. The third kappa shape index (κ3) is 3.08. The van der Waals surface area contributed by atoms with Gasteiger partial charge in [-0.1, -0.05) is 6.07 Å². The van der Waals surface area contributed by atoms with Gasteiger partial charge in [0.1, 0.15) is 12.7 Å². The van der Waals surface area contributed by atoms with Crippen LogP contribution >= 0.6 is 0 Å². The maximum Gasteiger partial charge on any atom is 0.254 e. The van der Waals surface area contributed by atoms with Crippen molar-refractivity contribution in [1.82, 2.24) is 29.6 Å². The van der Waals surface area contributed by atoms with Gasteiger partial charge in [-0.3, -0.25) is 9.78 Å². The van der Waals surface area contributed by atoms with Gasteiger partial charge in [0, 0.05) is 25.0 Å². The van der Waals surface area contributed by atoms with Crippen LogP contribution in [0.15, 0.2) is 55.4 Å². The second kappa shape index (κ2) is 6.35. The number of carbonyl (C=O) groups excluding carboxylic acids is 1. The molecule has 0 radical (unpaired) electrons. The van der Waals surface area contributed by atoms with Crippen LogP contribution in [-0.4, -0.2) is 42.6 Å². The number of rotatable bonds is 4. The lowest BCUT2D eigenvalue weighted by Crippen LogP contribution is -2.30. The molecule has 3 heterocycles. The van der Waals surface area contributed by atoms with Gasteiger partial charge in [-0.25, -0.2) is 14.6 Å². The Morgan fingerprint density at radius 1 is 1.22 bits per heavy atom. The summed E-state index contributed by atoms with van der Waals surface area (Å²) in [5.74, 6) is 0.444. The summed E-state index contributed by atoms with van der Waals surface area (Å²) in [6.45, 7) is 1.94. The van der Waals surface area contributed by atoms with E-state index in [0.717, 1.165) is 5.69 Å². The fourth-order valence-electron chi connectivity index (χ4n) is 2.20. The predicted octanol–water partition coefficient (Wildman–Crippen LogP) is 1.89. The van der Waals surface area contributed by atoms with Crippen LogP contribution < -0.4 is 0 Å². The monoisotopic (exact) mass is 308 g/mol. The maximum atomic E-state index is 12.7. The Morgan fingerprint density at radius 3 is 2.78 bits per heavy atom. The second-order valence-electron chi connectivity index (χ2n) is 5.09. The highest BCUT2D eigenvalue weighted by Gasteiger charge is 2.20. The molecule has 3 aromatic heterocycles. The van der Waals surface area contributed by atoms with Gasteiger partial charge in [0.05, 0.1) is 11.7 Å². The van der Waals surface area contributed by atoms with E-state index in [4.69, 9.17) is 0 Å². The highest BCUT2D eigenvalue weighted by atomic mass is 16.2. The number of hydrogen-bond donors (Lipinski definition) is 0. The summed E-state index contributed by atoms with van der Waals surface area (Å²) in [6.07, 6.45) is 6.27. The van der Waals surface area contributed by atoms with Crippen LogP contribution in [0.3, 0.4) is 0 Å². The number of pyridine rings is 2. The van der Waals surface area contributed by atoms with Gasteiger partial charge in [-0.05, 0) is 31.2 Å². The molecule has 7 heteroatoms. The molecule has 1 unspecified atom stereocenters. The first-order valence-corrected chi connectivity index (χ1v) is 7.16. The van der Waals surface area contributed by atoms with Crippen molar-refractivity contribution in [2.24, 2.45) is 0 Å². The molecule has 3 aromatic rings. The Bertz CT molecular complexity index is 787. The first kappa shape index (κ1) is 14.8. The SMILES string of the molecule is CC(c1ccccn1)N(C)C(=O)c1ccnc(-n2cncn2)c1. The van der Waals surface area contributed by atoms with Crippen LogP contribution in [0.5, 0.6) is 0 Å². The first-order valence-electron chi connectivity index (χ1n) is 7.16. The molecule has 0 fully saturated rings. The van der Waals surface area contributed by atoms with Gasteiger partial charge in [0.2, 0.25) is 0 Å². The third-order valence-corrected chi connectivity index (χ3v) is 3.66. The molecule has 1 amide bonds. The summed E-state index contributed by atoms with van der Waals surface area (Å²) in [7, 11) is 1.76. The van der Waals surface area contributed by atoms with Crippen LogP contribution in [-0.2, 0) is 0 Å². The van der Waals surface area contributed by atoms with E-state index in [0.29, 0.717) is 11.4 Å². The van der Waals surface area contributed by atoms with Crippen molar-refractivity contribution >= 4 is 5.91 Å². The summed E-state index contributed by atoms with van der Waals surface area (Å²) in [5.41, 5.74) is 1.38. The Hall–Kier alpha value is -3.09. The smallest absolute Gasteiger partial charge is 0.254 e. The van der Waals surface area contributed by atoms with Crippen molar-refractivity contribution in [2.45, 2.75) is 13.0 Å². The van der Waals surface area contributed by atoms with Gasteiger partial charge < -0.3 is 4.90 Å². The van der Waals surface area contributed by atoms with E-state index in [1.807, 2.05) is 25.1 Å². The molecule has 0 aliphatic carbocycles. The van der Waals surface area contributed by atoms with E-state index in [-0.39, 0.29) is 11.9 Å². The minimum Gasteiger partial charge on any atom is -0.333 e. The van der Waals surface area contributed by atoms with E-state index in [1.165, 1.54) is 17.3 Å². The summed E-state index contributed by atoms with van der Waals surface area (Å²) in [6, 6.07) is 8.91. The number of nitrogens with zero attached hydrogens (tertiary/aromatic N) is 6. The quantitative estimate of drug-likeness (QED) is 0.735. The highest BCUT2D eigenvalue weighted by molar-refractivity contribution is 5.94. The standard InChI is InChI=1S/C16H16N6O/c1-12(14-5-3-4-7-18-14)21(2)16(23)13-6-8-19-15(9-13)22-11-17-10-20-22/h3-12H,1-2H3. The largest absolute Gasteiger partial charge is 0.333 e. The van der Waals surface area contributed by atoms with Crippen molar-refractivity contribution in [3.05, 3.63) is 66.6 Å². The highest BCUT2D eigenvalue weighted by Crippen LogP contribution is 2.19. The molecule has 0 saturated carbocycles. The van der Waals surface area contributed by atoms with E-state index in [2.05, 4.69) is 20.1 Å². The maximum absolute atomic E-state index is 12.7. The van der Waals surface area contributed by atoms with E-state index in [9.17, 15) is 4.79 Å². The Balaban J connectivity index is 1.84. The molecule has 0 aliphatic heterocycles. The van der Waals surface area contributed by atoms with Gasteiger partial charge >= 0.3 is 0 Å². The Morgan fingerprint density at radius 2 is 2.09 bits per heavy atom. The van der Waals surface area contributed by atoms with Crippen LogP contribution in [0.25, 0.3) is 5.82 Å². The van der Waals surface area contributed by atoms with E-state index < -0.39 is 0 Å². The van der Waals surface area contributed by atoms with Crippen molar-refractivity contribution in [2.75, 3.05) is 7.05 Å². The van der Waals surface area contributed by atoms with Gasteiger partial charge in [0.25, 0.3) is 5.91 Å². The van der Waals surface area contributed by atoms with Crippen LogP contribution in [0.2, 0.25) is 0 Å². The molecule has 0 spiro atoms. The van der Waals surface area contributed by atoms with Crippen molar-refractivity contribution < 1.29 is 4.79 Å². The predicted molar refractivity (Wildman–Crippen MR) is 83.9 cm³/mol. The summed E-state index contributed by atoms with van der Waals surface area (Å²) in [5, 5.41) is 4.02. The average Bonchev–Trinajstić information content (AvgIpc) is 3.15. The molecule has 3 rings (SSSR count). The fourth-order valence-corrected chi connectivity index (χ4v) is 2.20. The number of carbonyl (C=O) groups is 1. The molecule has 23 heavy (non-hydrogen) atoms. The molecular formula is C16H16N6O. The zero-order valence-corrected chi connectivity index (χ0v) is 12.9. The third-order valence-electron chi connectivity index (χ3n) is 3.66. The Labute approximate surface area is 133 Å². The lowest BCUT2D eigenvalue weighted by Gasteiger charge is -2.24. The molecule has 0 aromatic carbocycles. The van der Waals surface area contributed by atoms with Crippen LogP contribution in [0.4, 0.5) is 0 Å². The van der Waals surface area contributed by atoms with Crippen LogP contribution in [0, 0.1) is 0 Å². The molecule has 1 atom stereocenters. The van der Waals surface area contributed by atoms with E-state index >= 15 is 0 Å². The first-order chi connectivity index (χ1) is 11.2. The number of amides is 1. The normalized spacial score (nSPS) is 11.9.